The van der Waals surface area contributed by atoms with Crippen molar-refractivity contribution in [2.24, 2.45) is 0 Å². The molecule has 1 saturated heterocycles. The van der Waals surface area contributed by atoms with Crippen molar-refractivity contribution >= 4 is 29.1 Å². The van der Waals surface area contributed by atoms with Crippen LogP contribution >= 0.6 is 11.6 Å². The third-order valence-corrected chi connectivity index (χ3v) is 5.46. The molecular weight excluding hydrogens is 380 g/mol. The van der Waals surface area contributed by atoms with Gasteiger partial charge in [0, 0.05) is 10.6 Å². The van der Waals surface area contributed by atoms with Gasteiger partial charge in [0.25, 0.3) is 11.8 Å². The van der Waals surface area contributed by atoms with Gasteiger partial charge in [0.15, 0.2) is 11.9 Å². The Morgan fingerprint density at radius 2 is 1.96 bits per heavy atom. The third-order valence-electron chi connectivity index (χ3n) is 5.11. The molecule has 2 aromatic rings. The van der Waals surface area contributed by atoms with Gasteiger partial charge < -0.3 is 19.7 Å². The van der Waals surface area contributed by atoms with Crippen molar-refractivity contribution in [3.63, 3.8) is 0 Å². The molecule has 2 aromatic carbocycles. The first kappa shape index (κ1) is 18.8. The van der Waals surface area contributed by atoms with E-state index in [-0.39, 0.29) is 24.0 Å². The van der Waals surface area contributed by atoms with Crippen LogP contribution in [-0.4, -0.2) is 42.0 Å². The fourth-order valence-electron chi connectivity index (χ4n) is 3.51. The largest absolute Gasteiger partial charge is 0.478 e. The van der Waals surface area contributed by atoms with Crippen LogP contribution in [-0.2, 0) is 9.53 Å². The van der Waals surface area contributed by atoms with E-state index in [1.165, 1.54) is 0 Å². The molecule has 2 aliphatic heterocycles. The van der Waals surface area contributed by atoms with Gasteiger partial charge in [-0.05, 0) is 32.0 Å². The Bertz CT molecular complexity index is 932. The second kappa shape index (κ2) is 7.45. The van der Waals surface area contributed by atoms with E-state index in [2.05, 4.69) is 5.32 Å². The minimum absolute atomic E-state index is 0.0994. The van der Waals surface area contributed by atoms with E-state index >= 15 is 0 Å². The molecule has 0 radical (unpaired) electrons. The topological polar surface area (TPSA) is 67.9 Å². The van der Waals surface area contributed by atoms with Gasteiger partial charge in [-0.25, -0.2) is 0 Å². The molecule has 2 aliphatic rings. The molecule has 0 bridgehead atoms. The van der Waals surface area contributed by atoms with Crippen LogP contribution in [0.3, 0.4) is 0 Å². The van der Waals surface area contributed by atoms with Gasteiger partial charge in [-0.15, -0.1) is 0 Å². The normalized spacial score (nSPS) is 24.2. The average molecular weight is 401 g/mol. The summed E-state index contributed by atoms with van der Waals surface area (Å²) in [5, 5.41) is 3.40. The van der Waals surface area contributed by atoms with Crippen molar-refractivity contribution in [3.05, 3.63) is 58.6 Å². The van der Waals surface area contributed by atoms with Gasteiger partial charge in [0.2, 0.25) is 0 Å². The zero-order chi connectivity index (χ0) is 19.8. The summed E-state index contributed by atoms with van der Waals surface area (Å²) in [5.41, 5.74) is 1.80. The van der Waals surface area contributed by atoms with Gasteiger partial charge in [-0.1, -0.05) is 35.9 Å². The van der Waals surface area contributed by atoms with E-state index in [9.17, 15) is 9.59 Å². The number of carbonyl (C=O) groups is 2. The molecule has 0 spiro atoms. The number of nitrogens with zero attached hydrogens (tertiary/aromatic N) is 1. The molecule has 4 rings (SSSR count). The lowest BCUT2D eigenvalue weighted by atomic mass is 10.0. The highest BCUT2D eigenvalue weighted by molar-refractivity contribution is 6.31. The molecule has 2 amide bonds. The molecule has 28 heavy (non-hydrogen) atoms. The maximum absolute atomic E-state index is 13.4. The fourth-order valence-corrected chi connectivity index (χ4v) is 3.77. The number of hydrogen-bond donors (Lipinski definition) is 1. The minimum Gasteiger partial charge on any atom is -0.478 e. The number of anilines is 1. The molecule has 1 N–H and O–H groups in total. The zero-order valence-corrected chi connectivity index (χ0v) is 16.4. The number of hydrogen-bond acceptors (Lipinski definition) is 4. The summed E-state index contributed by atoms with van der Waals surface area (Å²) in [7, 11) is 0. The van der Waals surface area contributed by atoms with Crippen molar-refractivity contribution < 1.29 is 19.1 Å². The van der Waals surface area contributed by atoms with E-state index in [0.717, 1.165) is 5.56 Å². The van der Waals surface area contributed by atoms with E-state index in [4.69, 9.17) is 21.1 Å². The molecule has 3 atom stereocenters. The van der Waals surface area contributed by atoms with Crippen LogP contribution in [0, 0.1) is 0 Å². The Morgan fingerprint density at radius 1 is 1.18 bits per heavy atom. The number of nitrogens with one attached hydrogen (secondary N) is 1. The molecular formula is C21H21ClN2O4. The number of fused-ring (bicyclic) bond motifs is 1. The summed E-state index contributed by atoms with van der Waals surface area (Å²) in [6, 6.07) is 12.6. The summed E-state index contributed by atoms with van der Waals surface area (Å²) in [6.07, 6.45) is -0.952. The molecule has 0 saturated carbocycles. The number of para-hydroxylation sites is 1. The molecule has 6 nitrogen and oxygen atoms in total. The summed E-state index contributed by atoms with van der Waals surface area (Å²) < 4.78 is 11.7. The van der Waals surface area contributed by atoms with Crippen LogP contribution in [0.15, 0.2) is 42.5 Å². The van der Waals surface area contributed by atoms with Gasteiger partial charge >= 0.3 is 0 Å². The van der Waals surface area contributed by atoms with Crippen LogP contribution < -0.4 is 10.1 Å². The number of benzene rings is 2. The highest BCUT2D eigenvalue weighted by Crippen LogP contribution is 2.36. The lowest BCUT2D eigenvalue weighted by Crippen LogP contribution is -2.48. The monoisotopic (exact) mass is 400 g/mol. The number of ether oxygens (including phenoxy) is 2. The molecule has 2 heterocycles. The van der Waals surface area contributed by atoms with Gasteiger partial charge in [0.1, 0.15) is 6.10 Å². The van der Waals surface area contributed by atoms with Gasteiger partial charge in [0.05, 0.1) is 30.4 Å². The smallest absolute Gasteiger partial charge is 0.265 e. The lowest BCUT2D eigenvalue weighted by molar-refractivity contribution is -0.122. The Kier molecular flexibility index (Phi) is 5.00. The predicted molar refractivity (Wildman–Crippen MR) is 106 cm³/mol. The van der Waals surface area contributed by atoms with Gasteiger partial charge in [-0.3, -0.25) is 9.59 Å². The first-order chi connectivity index (χ1) is 13.5. The standard InChI is InChI=1S/C21H21ClN2O4/c1-12-11-27-18(14-6-3-4-8-16(14)22)10-24(12)21(26)15-7-5-9-17-19(15)28-13(2)20(25)23-17/h3-9,12-13,18H,10-11H2,1-2H3,(H,23,25)/t12-,13+,18+/m1/s1. The van der Waals surface area contributed by atoms with Crippen LogP contribution in [0.4, 0.5) is 5.69 Å². The molecule has 1 fully saturated rings. The number of morpholine rings is 1. The van der Waals surface area contributed by atoms with Gasteiger partial charge in [-0.2, -0.15) is 0 Å². The number of halogens is 1. The average Bonchev–Trinajstić information content (AvgIpc) is 2.69. The van der Waals surface area contributed by atoms with Crippen LogP contribution in [0.25, 0.3) is 0 Å². The summed E-state index contributed by atoms with van der Waals surface area (Å²) in [6.45, 7) is 4.39. The molecule has 0 unspecified atom stereocenters. The highest BCUT2D eigenvalue weighted by atomic mass is 35.5. The minimum atomic E-state index is -0.653. The maximum Gasteiger partial charge on any atom is 0.265 e. The molecule has 146 valence electrons. The number of amides is 2. The second-order valence-electron chi connectivity index (χ2n) is 7.08. The summed E-state index contributed by atoms with van der Waals surface area (Å²) in [4.78, 5) is 27.0. The van der Waals surface area contributed by atoms with E-state index < -0.39 is 6.10 Å². The Morgan fingerprint density at radius 3 is 2.75 bits per heavy atom. The number of rotatable bonds is 2. The maximum atomic E-state index is 13.4. The van der Waals surface area contributed by atoms with Crippen molar-refractivity contribution in [1.82, 2.24) is 4.90 Å². The zero-order valence-electron chi connectivity index (χ0n) is 15.6. The Hall–Kier alpha value is -2.57. The first-order valence-electron chi connectivity index (χ1n) is 9.23. The predicted octanol–water partition coefficient (Wildman–Crippen LogP) is 3.66. The van der Waals surface area contributed by atoms with Crippen molar-refractivity contribution in [3.8, 4) is 5.75 Å². The first-order valence-corrected chi connectivity index (χ1v) is 9.61. The van der Waals surface area contributed by atoms with Crippen LogP contribution in [0.2, 0.25) is 5.02 Å². The fraction of sp³-hybridized carbons (Fsp3) is 0.333. The quantitative estimate of drug-likeness (QED) is 0.835. The SMILES string of the molecule is C[C@@H]1Oc2c(cccc2C(=O)N2C[C@@H](c3ccccc3Cl)OC[C@H]2C)NC1=O. The Balaban J connectivity index is 1.63. The second-order valence-corrected chi connectivity index (χ2v) is 7.49. The molecule has 0 aromatic heterocycles. The third kappa shape index (κ3) is 3.34. The molecule has 0 aliphatic carbocycles. The van der Waals surface area contributed by atoms with Crippen LogP contribution in [0.1, 0.15) is 35.9 Å². The highest BCUT2D eigenvalue weighted by Gasteiger charge is 2.35. The van der Waals surface area contributed by atoms with E-state index in [0.29, 0.717) is 35.2 Å². The number of carbonyl (C=O) groups excluding carboxylic acids is 2. The summed E-state index contributed by atoms with van der Waals surface area (Å²) >= 11 is 6.32. The van der Waals surface area contributed by atoms with Crippen molar-refractivity contribution in [1.29, 1.82) is 0 Å². The van der Waals surface area contributed by atoms with Crippen molar-refractivity contribution in [2.45, 2.75) is 32.1 Å². The van der Waals surface area contributed by atoms with E-state index in [1.807, 2.05) is 31.2 Å². The van der Waals surface area contributed by atoms with Crippen LogP contribution in [0.5, 0.6) is 5.75 Å². The lowest BCUT2D eigenvalue weighted by Gasteiger charge is -2.39. The summed E-state index contributed by atoms with van der Waals surface area (Å²) in [5.74, 6) is 0.0243. The Labute approximate surface area is 168 Å². The van der Waals surface area contributed by atoms with E-state index in [1.54, 1.807) is 30.0 Å². The van der Waals surface area contributed by atoms with Crippen molar-refractivity contribution in [2.75, 3.05) is 18.5 Å². The molecule has 7 heteroatoms.